The van der Waals surface area contributed by atoms with Gasteiger partial charge in [-0.15, -0.1) is 0 Å². The second-order valence-electron chi connectivity index (χ2n) is 8.16. The van der Waals surface area contributed by atoms with Crippen LogP contribution in [0.15, 0.2) is 82.8 Å². The molecule has 6 nitrogen and oxygen atoms in total. The predicted octanol–water partition coefficient (Wildman–Crippen LogP) is 6.08. The quantitative estimate of drug-likeness (QED) is 0.248. The van der Waals surface area contributed by atoms with Crippen LogP contribution >= 0.6 is 27.5 Å². The maximum absolute atomic E-state index is 13.3. The van der Waals surface area contributed by atoms with Gasteiger partial charge in [-0.05, 0) is 61.0 Å². The normalized spacial score (nSPS) is 15.2. The molecule has 4 amide bonds. The maximum Gasteiger partial charge on any atom is 0.335 e. The average molecular weight is 549 g/mol. The van der Waals surface area contributed by atoms with E-state index in [-0.39, 0.29) is 5.57 Å². The number of carbonyl (C=O) groups excluding carboxylic acids is 3. The molecule has 1 aromatic heterocycles. The Kier molecular flexibility index (Phi) is 6.05. The fourth-order valence-electron chi connectivity index (χ4n) is 4.24. The van der Waals surface area contributed by atoms with Gasteiger partial charge >= 0.3 is 6.03 Å². The highest BCUT2D eigenvalue weighted by Crippen LogP contribution is 2.31. The minimum Gasteiger partial charge on any atom is -0.340 e. The number of anilines is 1. The predicted molar refractivity (Wildman–Crippen MR) is 140 cm³/mol. The summed E-state index contributed by atoms with van der Waals surface area (Å²) in [7, 11) is 0. The Morgan fingerprint density at radius 1 is 0.943 bits per heavy atom. The Morgan fingerprint density at radius 2 is 1.63 bits per heavy atom. The van der Waals surface area contributed by atoms with Crippen molar-refractivity contribution in [2.24, 2.45) is 0 Å². The number of nitrogens with one attached hydrogen (secondary N) is 1. The van der Waals surface area contributed by atoms with Gasteiger partial charge in [-0.25, -0.2) is 9.69 Å². The van der Waals surface area contributed by atoms with Gasteiger partial charge in [-0.2, -0.15) is 0 Å². The number of benzene rings is 3. The summed E-state index contributed by atoms with van der Waals surface area (Å²) in [6.45, 7) is 2.58. The van der Waals surface area contributed by atoms with E-state index in [1.807, 2.05) is 55.5 Å². The topological polar surface area (TPSA) is 71.4 Å². The van der Waals surface area contributed by atoms with Crippen molar-refractivity contribution in [1.82, 2.24) is 9.88 Å². The number of carbonyl (C=O) groups is 3. The Morgan fingerprint density at radius 3 is 2.34 bits per heavy atom. The number of amides is 4. The maximum atomic E-state index is 13.3. The second-order valence-corrected chi connectivity index (χ2v) is 9.52. The van der Waals surface area contributed by atoms with Gasteiger partial charge in [0, 0.05) is 38.2 Å². The highest BCUT2D eigenvalue weighted by atomic mass is 79.9. The molecule has 0 bridgehead atoms. The van der Waals surface area contributed by atoms with Crippen molar-refractivity contribution < 1.29 is 14.4 Å². The summed E-state index contributed by atoms with van der Waals surface area (Å²) in [4.78, 5) is 39.6. The summed E-state index contributed by atoms with van der Waals surface area (Å²) in [5.74, 6) is -1.42. The third kappa shape index (κ3) is 4.29. The lowest BCUT2D eigenvalue weighted by molar-refractivity contribution is -0.122. The van der Waals surface area contributed by atoms with Crippen molar-refractivity contribution in [3.05, 3.63) is 105 Å². The van der Waals surface area contributed by atoms with E-state index < -0.39 is 17.8 Å². The molecule has 0 unspecified atom stereocenters. The number of barbiturate groups is 1. The summed E-state index contributed by atoms with van der Waals surface area (Å²) in [5.41, 5.74) is 3.95. The van der Waals surface area contributed by atoms with Gasteiger partial charge in [0.2, 0.25) is 0 Å². The van der Waals surface area contributed by atoms with Crippen molar-refractivity contribution in [3.63, 3.8) is 0 Å². The van der Waals surface area contributed by atoms with Crippen molar-refractivity contribution in [3.8, 4) is 0 Å². The van der Waals surface area contributed by atoms with Crippen LogP contribution < -0.4 is 10.2 Å². The third-order valence-electron chi connectivity index (χ3n) is 6.01. The molecule has 8 heteroatoms. The van der Waals surface area contributed by atoms with E-state index in [0.29, 0.717) is 17.3 Å². The SMILES string of the molecule is Cc1c(/C=C2\C(=O)NC(=O)N(c3ccc(Cl)cc3)C2=O)c2ccccc2n1Cc1ccc(Br)cc1. The lowest BCUT2D eigenvalue weighted by Crippen LogP contribution is -2.54. The standard InChI is InChI=1S/C27H19BrClN3O3/c1-16-22(21-4-2-3-5-24(21)31(16)15-17-6-8-18(28)9-7-17)14-23-25(33)30-27(35)32(26(23)34)20-12-10-19(29)11-13-20/h2-14H,15H2,1H3,(H,30,33,35)/b23-14+. The summed E-state index contributed by atoms with van der Waals surface area (Å²) in [6.07, 6.45) is 1.57. The zero-order valence-electron chi connectivity index (χ0n) is 18.6. The van der Waals surface area contributed by atoms with E-state index in [9.17, 15) is 14.4 Å². The summed E-state index contributed by atoms with van der Waals surface area (Å²) >= 11 is 9.42. The van der Waals surface area contributed by atoms with Gasteiger partial charge in [0.15, 0.2) is 0 Å². The largest absolute Gasteiger partial charge is 0.340 e. The fourth-order valence-corrected chi connectivity index (χ4v) is 4.63. The number of halogens is 2. The molecule has 1 fully saturated rings. The van der Waals surface area contributed by atoms with Crippen LogP contribution in [0.25, 0.3) is 17.0 Å². The van der Waals surface area contributed by atoms with Crippen LogP contribution in [0.3, 0.4) is 0 Å². The molecule has 3 aromatic carbocycles. The van der Waals surface area contributed by atoms with Gasteiger partial charge < -0.3 is 4.57 Å². The van der Waals surface area contributed by atoms with Gasteiger partial charge in [-0.3, -0.25) is 14.9 Å². The molecule has 174 valence electrons. The Labute approximate surface area is 214 Å². The number of para-hydroxylation sites is 1. The van der Waals surface area contributed by atoms with Gasteiger partial charge in [-0.1, -0.05) is 57.9 Å². The molecule has 1 aliphatic rings. The minimum absolute atomic E-state index is 0.116. The molecule has 1 aliphatic heterocycles. The molecule has 4 aromatic rings. The summed E-state index contributed by atoms with van der Waals surface area (Å²) < 4.78 is 3.15. The molecule has 0 spiro atoms. The number of nitrogens with zero attached hydrogens (tertiary/aromatic N) is 2. The second kappa shape index (κ2) is 9.17. The number of fused-ring (bicyclic) bond motifs is 1. The number of hydrogen-bond acceptors (Lipinski definition) is 3. The molecule has 0 aliphatic carbocycles. The van der Waals surface area contributed by atoms with Crippen molar-refractivity contribution in [1.29, 1.82) is 0 Å². The first-order valence-electron chi connectivity index (χ1n) is 10.8. The molecule has 1 saturated heterocycles. The number of imide groups is 2. The smallest absolute Gasteiger partial charge is 0.335 e. The van der Waals surface area contributed by atoms with Gasteiger partial charge in [0.25, 0.3) is 11.8 Å². The monoisotopic (exact) mass is 547 g/mol. The van der Waals surface area contributed by atoms with E-state index >= 15 is 0 Å². The highest BCUT2D eigenvalue weighted by Gasteiger charge is 2.37. The lowest BCUT2D eigenvalue weighted by atomic mass is 10.0. The van der Waals surface area contributed by atoms with Crippen LogP contribution in [0.1, 0.15) is 16.8 Å². The molecule has 35 heavy (non-hydrogen) atoms. The lowest BCUT2D eigenvalue weighted by Gasteiger charge is -2.26. The highest BCUT2D eigenvalue weighted by molar-refractivity contribution is 9.10. The van der Waals surface area contributed by atoms with E-state index in [2.05, 4.69) is 25.8 Å². The number of rotatable bonds is 4. The Hall–Kier alpha value is -3.68. The zero-order valence-corrected chi connectivity index (χ0v) is 20.9. The minimum atomic E-state index is -0.797. The van der Waals surface area contributed by atoms with E-state index in [1.54, 1.807) is 30.3 Å². The van der Waals surface area contributed by atoms with Crippen LogP contribution in [0.2, 0.25) is 5.02 Å². The molecular formula is C27H19BrClN3O3. The summed E-state index contributed by atoms with van der Waals surface area (Å²) in [5, 5.41) is 3.66. The Balaban J connectivity index is 1.60. The van der Waals surface area contributed by atoms with Crippen LogP contribution in [0.4, 0.5) is 10.5 Å². The molecule has 5 rings (SSSR count). The van der Waals surface area contributed by atoms with Crippen LogP contribution in [-0.2, 0) is 16.1 Å². The molecule has 0 radical (unpaired) electrons. The van der Waals surface area contributed by atoms with E-state index in [0.717, 1.165) is 37.1 Å². The van der Waals surface area contributed by atoms with E-state index in [4.69, 9.17) is 11.6 Å². The van der Waals surface area contributed by atoms with Gasteiger partial charge in [0.1, 0.15) is 5.57 Å². The molecule has 2 heterocycles. The summed E-state index contributed by atoms with van der Waals surface area (Å²) in [6, 6.07) is 21.4. The van der Waals surface area contributed by atoms with Gasteiger partial charge in [0.05, 0.1) is 5.69 Å². The molecule has 1 N–H and O–H groups in total. The fraction of sp³-hybridized carbons (Fsp3) is 0.0741. The van der Waals surface area contributed by atoms with Crippen LogP contribution in [0.5, 0.6) is 0 Å². The van der Waals surface area contributed by atoms with Crippen molar-refractivity contribution >= 4 is 68.0 Å². The number of aromatic nitrogens is 1. The van der Waals surface area contributed by atoms with Crippen LogP contribution in [0, 0.1) is 6.92 Å². The first-order chi connectivity index (χ1) is 16.8. The van der Waals surface area contributed by atoms with Crippen LogP contribution in [-0.4, -0.2) is 22.4 Å². The van der Waals surface area contributed by atoms with Crippen molar-refractivity contribution in [2.75, 3.05) is 4.90 Å². The molecule has 0 saturated carbocycles. The van der Waals surface area contributed by atoms with E-state index in [1.165, 1.54) is 0 Å². The molecule has 0 atom stereocenters. The number of urea groups is 1. The first kappa shape index (κ1) is 23.1. The Bertz CT molecular complexity index is 1520. The first-order valence-corrected chi connectivity index (χ1v) is 12.0. The number of hydrogen-bond donors (Lipinski definition) is 1. The van der Waals surface area contributed by atoms with Crippen molar-refractivity contribution in [2.45, 2.75) is 13.5 Å². The zero-order chi connectivity index (χ0) is 24.7. The molecular weight excluding hydrogens is 530 g/mol. The third-order valence-corrected chi connectivity index (χ3v) is 6.79. The average Bonchev–Trinajstić information content (AvgIpc) is 3.10.